The molecule has 0 amide bonds. The van der Waals surface area contributed by atoms with Crippen molar-refractivity contribution in [3.63, 3.8) is 0 Å². The smallest absolute Gasteiger partial charge is 0.325 e. The minimum atomic E-state index is -0.311. The summed E-state index contributed by atoms with van der Waals surface area (Å²) in [6.07, 6.45) is 3.47. The van der Waals surface area contributed by atoms with Gasteiger partial charge in [-0.2, -0.15) is 0 Å². The van der Waals surface area contributed by atoms with Crippen molar-refractivity contribution in [1.82, 2.24) is 19.6 Å². The van der Waals surface area contributed by atoms with E-state index in [1.807, 2.05) is 30.1 Å². The number of aryl methyl sites for hydroxylation is 1. The zero-order chi connectivity index (χ0) is 14.0. The molecule has 2 aromatic heterocycles. The normalized spacial score (nSPS) is 11.0. The second kappa shape index (κ2) is 5.21. The molecule has 0 N–H and O–H groups in total. The number of hydrogen-bond acceptors (Lipinski definition) is 6. The average Bonchev–Trinajstić information content (AvgIpc) is 2.77. The highest BCUT2D eigenvalue weighted by Gasteiger charge is 2.20. The van der Waals surface area contributed by atoms with E-state index in [4.69, 9.17) is 4.74 Å². The average molecular weight is 263 g/mol. The first kappa shape index (κ1) is 13.3. The molecule has 0 spiro atoms. The van der Waals surface area contributed by atoms with Crippen LogP contribution in [-0.2, 0) is 9.53 Å². The minimum Gasteiger partial charge on any atom is -0.468 e. The highest BCUT2D eigenvalue weighted by Crippen LogP contribution is 2.19. The Morgan fingerprint density at radius 1 is 1.47 bits per heavy atom. The molecule has 0 aliphatic rings. The highest BCUT2D eigenvalue weighted by molar-refractivity contribution is 5.77. The number of carbonyl (C=O) groups is 1. The topological polar surface area (TPSA) is 72.6 Å². The minimum absolute atomic E-state index is 0.0924. The van der Waals surface area contributed by atoms with Gasteiger partial charge >= 0.3 is 5.97 Å². The van der Waals surface area contributed by atoms with Crippen molar-refractivity contribution in [3.05, 3.63) is 18.2 Å². The van der Waals surface area contributed by atoms with Crippen molar-refractivity contribution in [2.24, 2.45) is 0 Å². The monoisotopic (exact) mass is 263 g/mol. The Kier molecular flexibility index (Phi) is 3.64. The largest absolute Gasteiger partial charge is 0.468 e. The standard InChI is InChI=1S/C12H17N5O2/c1-8(2)17(7-10(18)19-4)11-12-15-14-9(3)16(12)6-5-13-11/h5-6,8H,7H2,1-4H3. The maximum atomic E-state index is 11.5. The summed E-state index contributed by atoms with van der Waals surface area (Å²) in [4.78, 5) is 17.7. The Hall–Kier alpha value is -2.18. The molecule has 7 nitrogen and oxygen atoms in total. The molecule has 0 fully saturated rings. The van der Waals surface area contributed by atoms with Crippen LogP contribution in [0.4, 0.5) is 5.82 Å². The van der Waals surface area contributed by atoms with Crippen molar-refractivity contribution in [2.75, 3.05) is 18.6 Å². The van der Waals surface area contributed by atoms with Crippen molar-refractivity contribution in [2.45, 2.75) is 26.8 Å². The Bertz CT molecular complexity index is 593. The van der Waals surface area contributed by atoms with E-state index in [2.05, 4.69) is 15.2 Å². The third-order valence-corrected chi connectivity index (χ3v) is 2.90. The van der Waals surface area contributed by atoms with Gasteiger partial charge in [0.25, 0.3) is 0 Å². The van der Waals surface area contributed by atoms with Gasteiger partial charge in [0.05, 0.1) is 7.11 Å². The number of ether oxygens (including phenoxy) is 1. The third kappa shape index (κ3) is 2.49. The van der Waals surface area contributed by atoms with Gasteiger partial charge in [-0.3, -0.25) is 9.20 Å². The number of esters is 1. The molecule has 102 valence electrons. The summed E-state index contributed by atoms with van der Waals surface area (Å²) in [6.45, 7) is 5.96. The van der Waals surface area contributed by atoms with Crippen LogP contribution < -0.4 is 4.90 Å². The Labute approximate surface area is 111 Å². The Balaban J connectivity index is 2.47. The third-order valence-electron chi connectivity index (χ3n) is 2.90. The molecule has 0 saturated heterocycles. The lowest BCUT2D eigenvalue weighted by molar-refractivity contribution is -0.139. The number of carbonyl (C=O) groups excluding carboxylic acids is 1. The summed E-state index contributed by atoms with van der Waals surface area (Å²) in [5.41, 5.74) is 0.637. The van der Waals surface area contributed by atoms with Crippen molar-refractivity contribution in [3.8, 4) is 0 Å². The quantitative estimate of drug-likeness (QED) is 0.760. The van der Waals surface area contributed by atoms with E-state index in [0.29, 0.717) is 11.5 Å². The molecule has 0 aliphatic heterocycles. The van der Waals surface area contributed by atoms with Crippen LogP contribution in [0.25, 0.3) is 5.65 Å². The molecule has 0 aliphatic carbocycles. The van der Waals surface area contributed by atoms with Gasteiger partial charge in [-0.1, -0.05) is 0 Å². The van der Waals surface area contributed by atoms with Gasteiger partial charge in [0.15, 0.2) is 5.82 Å². The molecule has 0 aromatic carbocycles. The SMILES string of the molecule is COC(=O)CN(c1nccn2c(C)nnc12)C(C)C. The van der Waals surface area contributed by atoms with Gasteiger partial charge in [0.2, 0.25) is 5.65 Å². The molecular weight excluding hydrogens is 246 g/mol. The molecule has 19 heavy (non-hydrogen) atoms. The molecule has 0 atom stereocenters. The summed E-state index contributed by atoms with van der Waals surface area (Å²) in [7, 11) is 1.37. The van der Waals surface area contributed by atoms with Crippen LogP contribution in [-0.4, -0.2) is 45.2 Å². The zero-order valence-electron chi connectivity index (χ0n) is 11.5. The van der Waals surface area contributed by atoms with E-state index >= 15 is 0 Å². The zero-order valence-corrected chi connectivity index (χ0v) is 11.5. The van der Waals surface area contributed by atoms with E-state index in [1.165, 1.54) is 7.11 Å². The predicted molar refractivity (Wildman–Crippen MR) is 70.0 cm³/mol. The van der Waals surface area contributed by atoms with Gasteiger partial charge in [-0.05, 0) is 20.8 Å². The second-order valence-electron chi connectivity index (χ2n) is 4.49. The van der Waals surface area contributed by atoms with E-state index in [9.17, 15) is 4.79 Å². The fourth-order valence-corrected chi connectivity index (χ4v) is 1.84. The predicted octanol–water partition coefficient (Wildman–Crippen LogP) is 0.821. The van der Waals surface area contributed by atoms with Crippen LogP contribution in [0.2, 0.25) is 0 Å². The molecule has 2 rings (SSSR count). The lowest BCUT2D eigenvalue weighted by Crippen LogP contribution is -2.37. The summed E-state index contributed by atoms with van der Waals surface area (Å²) in [6, 6.07) is 0.0924. The maximum absolute atomic E-state index is 11.5. The number of anilines is 1. The van der Waals surface area contributed by atoms with E-state index in [1.54, 1.807) is 12.4 Å². The van der Waals surface area contributed by atoms with Crippen LogP contribution >= 0.6 is 0 Å². The van der Waals surface area contributed by atoms with Gasteiger partial charge in [0.1, 0.15) is 12.4 Å². The van der Waals surface area contributed by atoms with Crippen molar-refractivity contribution < 1.29 is 9.53 Å². The number of nitrogens with zero attached hydrogens (tertiary/aromatic N) is 5. The Morgan fingerprint density at radius 3 is 2.84 bits per heavy atom. The first-order chi connectivity index (χ1) is 9.04. The first-order valence-electron chi connectivity index (χ1n) is 6.04. The lowest BCUT2D eigenvalue weighted by Gasteiger charge is -2.26. The highest BCUT2D eigenvalue weighted by atomic mass is 16.5. The van der Waals surface area contributed by atoms with Crippen LogP contribution in [0.5, 0.6) is 0 Å². The van der Waals surface area contributed by atoms with Gasteiger partial charge in [-0.15, -0.1) is 10.2 Å². The maximum Gasteiger partial charge on any atom is 0.325 e. The second-order valence-corrected chi connectivity index (χ2v) is 4.49. The van der Waals surface area contributed by atoms with Crippen LogP contribution in [0.15, 0.2) is 12.4 Å². The van der Waals surface area contributed by atoms with E-state index in [0.717, 1.165) is 5.82 Å². The van der Waals surface area contributed by atoms with Crippen molar-refractivity contribution in [1.29, 1.82) is 0 Å². The van der Waals surface area contributed by atoms with Gasteiger partial charge in [0, 0.05) is 18.4 Å². The lowest BCUT2D eigenvalue weighted by atomic mass is 10.3. The van der Waals surface area contributed by atoms with E-state index < -0.39 is 0 Å². The summed E-state index contributed by atoms with van der Waals surface area (Å²) in [5, 5.41) is 8.14. The number of hydrogen-bond donors (Lipinski definition) is 0. The fraction of sp³-hybridized carbons (Fsp3) is 0.500. The number of methoxy groups -OCH3 is 1. The fourth-order valence-electron chi connectivity index (χ4n) is 1.84. The van der Waals surface area contributed by atoms with Gasteiger partial charge in [-0.25, -0.2) is 4.98 Å². The summed E-state index contributed by atoms with van der Waals surface area (Å²) < 4.78 is 6.56. The number of rotatable bonds is 4. The molecule has 2 aromatic rings. The molecule has 0 bridgehead atoms. The van der Waals surface area contributed by atoms with Crippen LogP contribution in [0.3, 0.4) is 0 Å². The Morgan fingerprint density at radius 2 is 2.21 bits per heavy atom. The molecule has 2 heterocycles. The number of fused-ring (bicyclic) bond motifs is 1. The molecule has 0 saturated carbocycles. The van der Waals surface area contributed by atoms with Crippen LogP contribution in [0, 0.1) is 6.92 Å². The van der Waals surface area contributed by atoms with Crippen LogP contribution in [0.1, 0.15) is 19.7 Å². The molecule has 0 unspecified atom stereocenters. The van der Waals surface area contributed by atoms with E-state index in [-0.39, 0.29) is 18.6 Å². The number of aromatic nitrogens is 4. The summed E-state index contributed by atoms with van der Waals surface area (Å²) >= 11 is 0. The first-order valence-corrected chi connectivity index (χ1v) is 6.04. The summed E-state index contributed by atoms with van der Waals surface area (Å²) in [5.74, 6) is 1.10. The van der Waals surface area contributed by atoms with Gasteiger partial charge < -0.3 is 9.64 Å². The molecule has 7 heteroatoms. The van der Waals surface area contributed by atoms with Crippen molar-refractivity contribution >= 4 is 17.4 Å². The molecular formula is C12H17N5O2. The molecule has 0 radical (unpaired) electrons.